The fourth-order valence-corrected chi connectivity index (χ4v) is 6.40. The number of anilines is 1. The van der Waals surface area contributed by atoms with E-state index in [9.17, 15) is 18.9 Å². The molecular weight excluding hydrogens is 599 g/mol. The molecule has 248 valence electrons. The average molecular weight is 647 g/mol. The molecule has 1 aliphatic heterocycles. The molecule has 1 atom stereocenters. The third-order valence-electron chi connectivity index (χ3n) is 6.95. The minimum Gasteiger partial charge on any atom is -0.449 e. The van der Waals surface area contributed by atoms with E-state index in [1.54, 1.807) is 23.6 Å². The Hall–Kier alpha value is -3.54. The average Bonchev–Trinajstić information content (AvgIpc) is 3.03. The van der Waals surface area contributed by atoms with Crippen LogP contribution in [-0.4, -0.2) is 102 Å². The number of unbranched alkanes of at least 4 members (excludes halogenated alkanes) is 1. The number of piperazine rings is 1. The van der Waals surface area contributed by atoms with Gasteiger partial charge in [0.15, 0.2) is 5.82 Å². The van der Waals surface area contributed by atoms with Crippen molar-refractivity contribution in [1.29, 1.82) is 0 Å². The Balaban J connectivity index is 1.83. The molecule has 1 aliphatic rings. The van der Waals surface area contributed by atoms with Gasteiger partial charge >= 0.3 is 13.7 Å². The molecule has 45 heavy (non-hydrogen) atoms. The molecule has 13 nitrogen and oxygen atoms in total. The monoisotopic (exact) mass is 646 g/mol. The van der Waals surface area contributed by atoms with Crippen LogP contribution in [0, 0.1) is 0 Å². The van der Waals surface area contributed by atoms with Gasteiger partial charge in [-0.3, -0.25) is 14.2 Å². The summed E-state index contributed by atoms with van der Waals surface area (Å²) in [4.78, 5) is 52.2. The summed E-state index contributed by atoms with van der Waals surface area (Å²) < 4.78 is 29.5. The van der Waals surface area contributed by atoms with Gasteiger partial charge in [0, 0.05) is 43.9 Å². The lowest BCUT2D eigenvalue weighted by atomic mass is 10.1. The second-order valence-electron chi connectivity index (χ2n) is 10.9. The van der Waals surface area contributed by atoms with Crippen LogP contribution in [0.1, 0.15) is 64.4 Å². The van der Waals surface area contributed by atoms with E-state index in [1.807, 2.05) is 51.1 Å². The highest BCUT2D eigenvalue weighted by molar-refractivity contribution is 7.53. The third-order valence-corrected chi connectivity index (χ3v) is 9.06. The first-order chi connectivity index (χ1) is 21.6. The van der Waals surface area contributed by atoms with Gasteiger partial charge in [-0.15, -0.1) is 0 Å². The highest BCUT2D eigenvalue weighted by Crippen LogP contribution is 2.48. The van der Waals surface area contributed by atoms with Crippen LogP contribution in [0.2, 0.25) is 0 Å². The summed E-state index contributed by atoms with van der Waals surface area (Å²) in [6.45, 7) is 11.2. The van der Waals surface area contributed by atoms with Crippen molar-refractivity contribution < 1.29 is 32.7 Å². The molecule has 14 heteroatoms. The van der Waals surface area contributed by atoms with E-state index in [0.717, 1.165) is 18.4 Å². The summed E-state index contributed by atoms with van der Waals surface area (Å²) in [6, 6.07) is 9.82. The Morgan fingerprint density at radius 1 is 0.956 bits per heavy atom. The van der Waals surface area contributed by atoms with Crippen LogP contribution in [0.4, 0.5) is 10.6 Å². The van der Waals surface area contributed by atoms with Crippen LogP contribution < -0.4 is 10.6 Å². The molecular formula is C31H47N6O7P. The lowest BCUT2D eigenvalue weighted by Crippen LogP contribution is -2.56. The highest BCUT2D eigenvalue weighted by atomic mass is 31.2. The quantitative estimate of drug-likeness (QED) is 0.192. The molecule has 3 amide bonds. The standard InChI is InChI=1S/C31H47N6O7P/c1-6-9-20-42-31(40)37-18-16-36(17-19-37)30(39)25(15-21-45(41,43-7-2)44-8-3)34-29(38)26-22-27(32-23(4)5)35-28(33-26)24-13-11-10-12-14-24/h10-14,22-23,25H,6-9,15-21H2,1-5H3,(H,34,38)(H,32,33,35). The van der Waals surface area contributed by atoms with Crippen LogP contribution in [0.3, 0.4) is 0 Å². The van der Waals surface area contributed by atoms with Gasteiger partial charge in [0.1, 0.15) is 17.6 Å². The number of hydrogen-bond acceptors (Lipinski definition) is 10. The van der Waals surface area contributed by atoms with Crippen molar-refractivity contribution in [2.45, 2.75) is 66.0 Å². The minimum absolute atomic E-state index is 0.00878. The predicted octanol–water partition coefficient (Wildman–Crippen LogP) is 4.80. The Morgan fingerprint density at radius 2 is 1.60 bits per heavy atom. The zero-order valence-corrected chi connectivity index (χ0v) is 27.9. The first kappa shape index (κ1) is 35.9. The lowest BCUT2D eigenvalue weighted by Gasteiger charge is -2.36. The fraction of sp³-hybridized carbons (Fsp3) is 0.581. The van der Waals surface area contributed by atoms with Crippen molar-refractivity contribution in [3.05, 3.63) is 42.1 Å². The number of rotatable bonds is 16. The van der Waals surface area contributed by atoms with Crippen molar-refractivity contribution in [1.82, 2.24) is 25.1 Å². The number of hydrogen-bond donors (Lipinski definition) is 2. The third kappa shape index (κ3) is 11.1. The molecule has 0 aliphatic carbocycles. The normalized spacial score (nSPS) is 14.3. The van der Waals surface area contributed by atoms with Crippen LogP contribution in [0.15, 0.2) is 36.4 Å². The number of nitrogens with one attached hydrogen (secondary N) is 2. The number of amides is 3. The Labute approximate surface area is 265 Å². The molecule has 0 spiro atoms. The van der Waals surface area contributed by atoms with E-state index >= 15 is 0 Å². The van der Waals surface area contributed by atoms with Crippen molar-refractivity contribution in [2.75, 3.05) is 57.5 Å². The SMILES string of the molecule is CCCCOC(=O)N1CCN(C(=O)C(CCP(=O)(OCC)OCC)NC(=O)c2cc(NC(C)C)nc(-c3ccccc3)n2)CC1. The molecule has 3 rings (SSSR count). The highest BCUT2D eigenvalue weighted by Gasteiger charge is 2.34. The topological polar surface area (TPSA) is 152 Å². The van der Waals surface area contributed by atoms with Gasteiger partial charge in [-0.25, -0.2) is 14.8 Å². The second kappa shape index (κ2) is 17.8. The van der Waals surface area contributed by atoms with Gasteiger partial charge in [-0.2, -0.15) is 0 Å². The molecule has 1 saturated heterocycles. The maximum Gasteiger partial charge on any atom is 0.409 e. The van der Waals surface area contributed by atoms with Gasteiger partial charge in [0.05, 0.1) is 26.0 Å². The molecule has 0 bridgehead atoms. The Kier molecular flexibility index (Phi) is 14.2. The summed E-state index contributed by atoms with van der Waals surface area (Å²) in [5.74, 6) is -0.125. The number of ether oxygens (including phenoxy) is 1. The van der Waals surface area contributed by atoms with Gasteiger partial charge < -0.3 is 34.2 Å². The van der Waals surface area contributed by atoms with Gasteiger partial charge in [-0.1, -0.05) is 43.7 Å². The van der Waals surface area contributed by atoms with Gasteiger partial charge in [-0.05, 0) is 40.5 Å². The van der Waals surface area contributed by atoms with E-state index in [1.165, 1.54) is 6.07 Å². The van der Waals surface area contributed by atoms with Crippen LogP contribution >= 0.6 is 7.60 Å². The first-order valence-electron chi connectivity index (χ1n) is 15.7. The minimum atomic E-state index is -3.50. The summed E-state index contributed by atoms with van der Waals surface area (Å²) >= 11 is 0. The van der Waals surface area contributed by atoms with Crippen molar-refractivity contribution in [3.8, 4) is 11.4 Å². The number of nitrogens with zero attached hydrogens (tertiary/aromatic N) is 4. The van der Waals surface area contributed by atoms with Gasteiger partial charge in [0.25, 0.3) is 5.91 Å². The summed E-state index contributed by atoms with van der Waals surface area (Å²) in [5.41, 5.74) is 0.800. The number of carbonyl (C=O) groups is 3. The predicted molar refractivity (Wildman–Crippen MR) is 172 cm³/mol. The smallest absolute Gasteiger partial charge is 0.409 e. The molecule has 1 fully saturated rings. The van der Waals surface area contributed by atoms with Crippen LogP contribution in [0.25, 0.3) is 11.4 Å². The van der Waals surface area contributed by atoms with Crippen molar-refractivity contribution in [2.24, 2.45) is 0 Å². The fourth-order valence-electron chi connectivity index (χ4n) is 4.71. The molecule has 0 radical (unpaired) electrons. The number of carbonyl (C=O) groups excluding carboxylic acids is 3. The number of benzene rings is 1. The Morgan fingerprint density at radius 3 is 2.20 bits per heavy atom. The van der Waals surface area contributed by atoms with Gasteiger partial charge in [0.2, 0.25) is 5.91 Å². The largest absolute Gasteiger partial charge is 0.449 e. The lowest BCUT2D eigenvalue weighted by molar-refractivity contribution is -0.134. The zero-order chi connectivity index (χ0) is 32.8. The van der Waals surface area contributed by atoms with Crippen molar-refractivity contribution in [3.63, 3.8) is 0 Å². The second-order valence-corrected chi connectivity index (χ2v) is 13.1. The molecule has 2 aromatic rings. The maximum atomic E-state index is 13.8. The maximum absolute atomic E-state index is 13.8. The van der Waals surface area contributed by atoms with E-state index in [4.69, 9.17) is 13.8 Å². The Bertz CT molecular complexity index is 1290. The first-order valence-corrected chi connectivity index (χ1v) is 17.4. The molecule has 0 saturated carbocycles. The summed E-state index contributed by atoms with van der Waals surface area (Å²) in [7, 11) is -3.50. The molecule has 2 N–H and O–H groups in total. The summed E-state index contributed by atoms with van der Waals surface area (Å²) in [5, 5.41) is 6.05. The zero-order valence-electron chi connectivity index (χ0n) is 27.0. The molecule has 1 unspecified atom stereocenters. The van der Waals surface area contributed by atoms with Crippen LogP contribution in [0.5, 0.6) is 0 Å². The number of aromatic nitrogens is 2. The van der Waals surface area contributed by atoms with E-state index in [-0.39, 0.29) is 56.5 Å². The van der Waals surface area contributed by atoms with E-state index in [0.29, 0.717) is 31.3 Å². The van der Waals surface area contributed by atoms with E-state index in [2.05, 4.69) is 20.6 Å². The summed E-state index contributed by atoms with van der Waals surface area (Å²) in [6.07, 6.45) is 1.23. The molecule has 2 heterocycles. The van der Waals surface area contributed by atoms with Crippen molar-refractivity contribution >= 4 is 31.3 Å². The molecule has 1 aromatic heterocycles. The van der Waals surface area contributed by atoms with Crippen LogP contribution in [-0.2, 0) is 23.1 Å². The molecule has 1 aromatic carbocycles. The van der Waals surface area contributed by atoms with E-state index < -0.39 is 25.6 Å².